The minimum Gasteiger partial charge on any atom is -0.481 e. The van der Waals surface area contributed by atoms with Crippen molar-refractivity contribution in [2.45, 2.75) is 25.6 Å². The Bertz CT molecular complexity index is 719. The molecule has 24 heavy (non-hydrogen) atoms. The number of hydrogen-bond acceptors (Lipinski definition) is 2. The van der Waals surface area contributed by atoms with E-state index in [0.717, 1.165) is 6.07 Å². The minimum atomic E-state index is -4.56. The number of rotatable bonds is 5. The first kappa shape index (κ1) is 18.1. The Labute approximate surface area is 142 Å². The Hall–Kier alpha value is -2.21. The second kappa shape index (κ2) is 7.57. The van der Waals surface area contributed by atoms with Gasteiger partial charge in [0.2, 0.25) is 0 Å². The van der Waals surface area contributed by atoms with Crippen LogP contribution in [0.25, 0.3) is 0 Å². The van der Waals surface area contributed by atoms with E-state index in [4.69, 9.17) is 16.3 Å². The maximum Gasteiger partial charge on any atom is 0.418 e. The molecule has 0 bridgehead atoms. The summed E-state index contributed by atoms with van der Waals surface area (Å²) >= 11 is 5.85. The third-order valence-electron chi connectivity index (χ3n) is 3.23. The summed E-state index contributed by atoms with van der Waals surface area (Å²) in [7, 11) is 0. The fourth-order valence-electron chi connectivity index (χ4n) is 2.08. The zero-order valence-electron chi connectivity index (χ0n) is 12.7. The van der Waals surface area contributed by atoms with Crippen LogP contribution in [-0.4, -0.2) is 12.0 Å². The Morgan fingerprint density at radius 1 is 1.21 bits per heavy atom. The molecular formula is C17H15ClF3NO2. The number of ether oxygens (including phenoxy) is 1. The lowest BCUT2D eigenvalue weighted by Gasteiger charge is -2.19. The van der Waals surface area contributed by atoms with Crippen LogP contribution in [0.15, 0.2) is 48.5 Å². The third kappa shape index (κ3) is 4.64. The van der Waals surface area contributed by atoms with Gasteiger partial charge in [-0.15, -0.1) is 0 Å². The van der Waals surface area contributed by atoms with Crippen molar-refractivity contribution in [3.05, 3.63) is 59.1 Å². The lowest BCUT2D eigenvalue weighted by molar-refractivity contribution is -0.137. The van der Waals surface area contributed by atoms with Gasteiger partial charge in [-0.25, -0.2) is 0 Å². The van der Waals surface area contributed by atoms with Crippen molar-refractivity contribution in [1.29, 1.82) is 0 Å². The van der Waals surface area contributed by atoms with E-state index in [-0.39, 0.29) is 12.1 Å². The highest BCUT2D eigenvalue weighted by Gasteiger charge is 2.34. The van der Waals surface area contributed by atoms with E-state index in [0.29, 0.717) is 10.8 Å². The van der Waals surface area contributed by atoms with Crippen molar-refractivity contribution in [2.75, 3.05) is 5.32 Å². The molecule has 128 valence electrons. The SMILES string of the molecule is CC[C@H](Oc1cccc(Cl)c1)C(=O)Nc1ccccc1C(F)(F)F. The summed E-state index contributed by atoms with van der Waals surface area (Å²) in [5.41, 5.74) is -1.21. The summed E-state index contributed by atoms with van der Waals surface area (Å²) in [6.45, 7) is 1.70. The van der Waals surface area contributed by atoms with Crippen LogP contribution in [0.2, 0.25) is 5.02 Å². The smallest absolute Gasteiger partial charge is 0.418 e. The van der Waals surface area contributed by atoms with Gasteiger partial charge in [0.15, 0.2) is 6.10 Å². The predicted molar refractivity (Wildman–Crippen MR) is 86.2 cm³/mol. The number of halogens is 4. The molecule has 1 amide bonds. The molecule has 1 atom stereocenters. The highest BCUT2D eigenvalue weighted by molar-refractivity contribution is 6.30. The van der Waals surface area contributed by atoms with Crippen LogP contribution < -0.4 is 10.1 Å². The van der Waals surface area contributed by atoms with Crippen LogP contribution >= 0.6 is 11.6 Å². The van der Waals surface area contributed by atoms with Gasteiger partial charge in [-0.3, -0.25) is 4.79 Å². The second-order valence-electron chi connectivity index (χ2n) is 5.00. The molecule has 1 N–H and O–H groups in total. The lowest BCUT2D eigenvalue weighted by atomic mass is 10.1. The molecule has 0 radical (unpaired) electrons. The molecule has 3 nitrogen and oxygen atoms in total. The maximum atomic E-state index is 13.0. The number of carbonyl (C=O) groups is 1. The minimum absolute atomic E-state index is 0.284. The highest BCUT2D eigenvalue weighted by Crippen LogP contribution is 2.34. The Morgan fingerprint density at radius 3 is 2.54 bits per heavy atom. The molecule has 0 aliphatic rings. The van der Waals surface area contributed by atoms with Crippen molar-refractivity contribution in [3.63, 3.8) is 0 Å². The topological polar surface area (TPSA) is 38.3 Å². The molecule has 0 heterocycles. The molecule has 2 rings (SSSR count). The van der Waals surface area contributed by atoms with Gasteiger partial charge in [0, 0.05) is 5.02 Å². The van der Waals surface area contributed by atoms with Gasteiger partial charge in [-0.05, 0) is 36.8 Å². The number of anilines is 1. The first-order valence-electron chi connectivity index (χ1n) is 7.20. The quantitative estimate of drug-likeness (QED) is 0.803. The van der Waals surface area contributed by atoms with E-state index in [2.05, 4.69) is 5.32 Å². The molecule has 0 saturated heterocycles. The highest BCUT2D eigenvalue weighted by atomic mass is 35.5. The largest absolute Gasteiger partial charge is 0.481 e. The molecule has 0 aromatic heterocycles. The Balaban J connectivity index is 2.16. The van der Waals surface area contributed by atoms with Crippen LogP contribution in [0.5, 0.6) is 5.75 Å². The van der Waals surface area contributed by atoms with Crippen LogP contribution in [0.4, 0.5) is 18.9 Å². The van der Waals surface area contributed by atoms with Gasteiger partial charge in [0.05, 0.1) is 11.3 Å². The van der Waals surface area contributed by atoms with Crippen molar-refractivity contribution in [1.82, 2.24) is 0 Å². The molecule has 0 unspecified atom stereocenters. The summed E-state index contributed by atoms with van der Waals surface area (Å²) < 4.78 is 44.5. The van der Waals surface area contributed by atoms with Gasteiger partial charge < -0.3 is 10.1 Å². The number of alkyl halides is 3. The standard InChI is InChI=1S/C17H15ClF3NO2/c1-2-15(24-12-7-5-6-11(18)10-12)16(23)22-14-9-4-3-8-13(14)17(19,20)21/h3-10,15H,2H2,1H3,(H,22,23)/t15-/m0/s1. The van der Waals surface area contributed by atoms with Gasteiger partial charge in [-0.1, -0.05) is 36.7 Å². The lowest BCUT2D eigenvalue weighted by Crippen LogP contribution is -2.33. The van der Waals surface area contributed by atoms with E-state index in [1.54, 1.807) is 25.1 Å². The van der Waals surface area contributed by atoms with E-state index in [1.165, 1.54) is 24.3 Å². The summed E-state index contributed by atoms with van der Waals surface area (Å²) in [5.74, 6) is -0.289. The molecule has 0 saturated carbocycles. The summed E-state index contributed by atoms with van der Waals surface area (Å²) in [4.78, 5) is 12.3. The van der Waals surface area contributed by atoms with Gasteiger partial charge in [-0.2, -0.15) is 13.2 Å². The number of nitrogens with one attached hydrogen (secondary N) is 1. The van der Waals surface area contributed by atoms with Gasteiger partial charge in [0.1, 0.15) is 5.75 Å². The van der Waals surface area contributed by atoms with Crippen LogP contribution in [0.1, 0.15) is 18.9 Å². The molecule has 0 spiro atoms. The van der Waals surface area contributed by atoms with Crippen molar-refractivity contribution in [3.8, 4) is 5.75 Å². The summed E-state index contributed by atoms with van der Waals surface area (Å²) in [6, 6.07) is 11.2. The summed E-state index contributed by atoms with van der Waals surface area (Å²) in [6.07, 6.45) is -5.21. The number of para-hydroxylation sites is 1. The Kier molecular flexibility index (Phi) is 5.72. The summed E-state index contributed by atoms with van der Waals surface area (Å²) in [5, 5.41) is 2.72. The molecule has 0 aliphatic heterocycles. The van der Waals surface area contributed by atoms with E-state index in [9.17, 15) is 18.0 Å². The van der Waals surface area contributed by atoms with Crippen molar-refractivity contribution >= 4 is 23.2 Å². The van der Waals surface area contributed by atoms with Gasteiger partial charge >= 0.3 is 6.18 Å². The fraction of sp³-hybridized carbons (Fsp3) is 0.235. The number of carbonyl (C=O) groups excluding carboxylic acids is 1. The van der Waals surface area contributed by atoms with E-state index >= 15 is 0 Å². The Morgan fingerprint density at radius 2 is 1.92 bits per heavy atom. The van der Waals surface area contributed by atoms with Gasteiger partial charge in [0.25, 0.3) is 5.91 Å². The van der Waals surface area contributed by atoms with Crippen LogP contribution in [0, 0.1) is 0 Å². The molecule has 7 heteroatoms. The fourth-order valence-corrected chi connectivity index (χ4v) is 2.26. The number of amides is 1. The zero-order chi connectivity index (χ0) is 17.7. The monoisotopic (exact) mass is 357 g/mol. The predicted octanol–water partition coefficient (Wildman–Crippen LogP) is 5.15. The normalized spacial score (nSPS) is 12.5. The van der Waals surface area contributed by atoms with E-state index in [1.807, 2.05) is 0 Å². The average molecular weight is 358 g/mol. The average Bonchev–Trinajstić information content (AvgIpc) is 2.52. The molecular weight excluding hydrogens is 343 g/mol. The number of hydrogen-bond donors (Lipinski definition) is 1. The first-order chi connectivity index (χ1) is 11.3. The van der Waals surface area contributed by atoms with Crippen LogP contribution in [0.3, 0.4) is 0 Å². The zero-order valence-corrected chi connectivity index (χ0v) is 13.5. The molecule has 2 aromatic rings. The molecule has 2 aromatic carbocycles. The molecule has 0 fully saturated rings. The van der Waals surface area contributed by atoms with E-state index < -0.39 is 23.8 Å². The number of benzene rings is 2. The maximum absolute atomic E-state index is 13.0. The van der Waals surface area contributed by atoms with Crippen LogP contribution in [-0.2, 0) is 11.0 Å². The third-order valence-corrected chi connectivity index (χ3v) is 3.46. The molecule has 0 aliphatic carbocycles. The second-order valence-corrected chi connectivity index (χ2v) is 5.44. The van der Waals surface area contributed by atoms with Crippen molar-refractivity contribution in [2.24, 2.45) is 0 Å². The van der Waals surface area contributed by atoms with Crippen molar-refractivity contribution < 1.29 is 22.7 Å². The first-order valence-corrected chi connectivity index (χ1v) is 7.58.